The van der Waals surface area contributed by atoms with E-state index >= 15 is 0 Å². The van der Waals surface area contributed by atoms with Gasteiger partial charge in [0, 0.05) is 29.2 Å². The van der Waals surface area contributed by atoms with Crippen LogP contribution in [0.2, 0.25) is 10.0 Å². The number of nitrogens with one attached hydrogen (secondary N) is 2. The SMILES string of the molecule is O=C(Nc1cncc2ccc(F)cc12)C1CCNc2cc(Cl)c(Cl)cc21. The molecule has 4 nitrogen and oxygen atoms in total. The van der Waals surface area contributed by atoms with Gasteiger partial charge in [-0.05, 0) is 42.3 Å². The van der Waals surface area contributed by atoms with Gasteiger partial charge in [-0.15, -0.1) is 0 Å². The third-order valence-electron chi connectivity index (χ3n) is 4.51. The van der Waals surface area contributed by atoms with E-state index < -0.39 is 0 Å². The highest BCUT2D eigenvalue weighted by Gasteiger charge is 2.28. The lowest BCUT2D eigenvalue weighted by Crippen LogP contribution is -2.27. The van der Waals surface area contributed by atoms with Gasteiger partial charge in [0.2, 0.25) is 5.91 Å². The van der Waals surface area contributed by atoms with Crippen molar-refractivity contribution in [3.8, 4) is 0 Å². The number of hydrogen-bond donors (Lipinski definition) is 2. The molecule has 0 radical (unpaired) electrons. The molecule has 26 heavy (non-hydrogen) atoms. The van der Waals surface area contributed by atoms with E-state index in [1.165, 1.54) is 18.3 Å². The lowest BCUT2D eigenvalue weighted by Gasteiger charge is -2.26. The second-order valence-electron chi connectivity index (χ2n) is 6.16. The fourth-order valence-electron chi connectivity index (χ4n) is 3.24. The van der Waals surface area contributed by atoms with E-state index in [2.05, 4.69) is 15.6 Å². The van der Waals surface area contributed by atoms with Gasteiger partial charge in [0.05, 0.1) is 27.8 Å². The van der Waals surface area contributed by atoms with Gasteiger partial charge in [-0.1, -0.05) is 23.2 Å². The highest BCUT2D eigenvalue weighted by molar-refractivity contribution is 6.42. The minimum Gasteiger partial charge on any atom is -0.385 e. The van der Waals surface area contributed by atoms with Crippen LogP contribution in [0.4, 0.5) is 15.8 Å². The molecule has 0 saturated carbocycles. The van der Waals surface area contributed by atoms with Crippen LogP contribution in [0.15, 0.2) is 42.7 Å². The monoisotopic (exact) mass is 389 g/mol. The van der Waals surface area contributed by atoms with Gasteiger partial charge in [-0.2, -0.15) is 0 Å². The molecule has 1 aromatic heterocycles. The molecule has 7 heteroatoms. The fourth-order valence-corrected chi connectivity index (χ4v) is 3.57. The van der Waals surface area contributed by atoms with Crippen LogP contribution < -0.4 is 10.6 Å². The van der Waals surface area contributed by atoms with Gasteiger partial charge >= 0.3 is 0 Å². The first-order valence-corrected chi connectivity index (χ1v) is 8.85. The molecule has 0 saturated heterocycles. The Hall–Kier alpha value is -2.37. The summed E-state index contributed by atoms with van der Waals surface area (Å²) >= 11 is 12.2. The summed E-state index contributed by atoms with van der Waals surface area (Å²) < 4.78 is 13.6. The molecule has 0 fully saturated rings. The maximum Gasteiger partial charge on any atom is 0.232 e. The molecular formula is C19H14Cl2FN3O. The zero-order valence-corrected chi connectivity index (χ0v) is 15.0. The van der Waals surface area contributed by atoms with Crippen molar-refractivity contribution in [3.05, 3.63) is 64.2 Å². The number of rotatable bonds is 2. The molecule has 1 aliphatic heterocycles. The van der Waals surface area contributed by atoms with E-state index in [4.69, 9.17) is 23.2 Å². The first-order valence-electron chi connectivity index (χ1n) is 8.10. The van der Waals surface area contributed by atoms with Gasteiger partial charge < -0.3 is 10.6 Å². The minimum atomic E-state index is -0.384. The van der Waals surface area contributed by atoms with E-state index in [1.807, 2.05) is 0 Å². The molecule has 2 aromatic carbocycles. The number of benzene rings is 2. The Morgan fingerprint density at radius 1 is 1.19 bits per heavy atom. The van der Waals surface area contributed by atoms with Gasteiger partial charge in [-0.25, -0.2) is 4.39 Å². The number of carbonyl (C=O) groups excluding carboxylic acids is 1. The number of carbonyl (C=O) groups is 1. The topological polar surface area (TPSA) is 54.0 Å². The second-order valence-corrected chi connectivity index (χ2v) is 6.98. The van der Waals surface area contributed by atoms with Crippen molar-refractivity contribution in [3.63, 3.8) is 0 Å². The fraction of sp³-hybridized carbons (Fsp3) is 0.158. The number of anilines is 2. The van der Waals surface area contributed by atoms with E-state index in [-0.39, 0.29) is 17.6 Å². The van der Waals surface area contributed by atoms with Crippen LogP contribution in [0, 0.1) is 5.82 Å². The molecular weight excluding hydrogens is 376 g/mol. The van der Waals surface area contributed by atoms with Crippen LogP contribution >= 0.6 is 23.2 Å². The summed E-state index contributed by atoms with van der Waals surface area (Å²) in [4.78, 5) is 17.0. The molecule has 2 heterocycles. The summed E-state index contributed by atoms with van der Waals surface area (Å²) in [6.07, 6.45) is 3.77. The van der Waals surface area contributed by atoms with Gasteiger partial charge in [0.1, 0.15) is 5.82 Å². The molecule has 2 N–H and O–H groups in total. The van der Waals surface area contributed by atoms with Crippen LogP contribution in [0.25, 0.3) is 10.8 Å². The van der Waals surface area contributed by atoms with E-state index in [1.54, 1.807) is 24.4 Å². The summed E-state index contributed by atoms with van der Waals surface area (Å²) in [6.45, 7) is 0.644. The molecule has 0 bridgehead atoms. The van der Waals surface area contributed by atoms with Crippen molar-refractivity contribution in [1.29, 1.82) is 0 Å². The minimum absolute atomic E-state index is 0.190. The number of fused-ring (bicyclic) bond motifs is 2. The Labute approximate surface area is 159 Å². The Morgan fingerprint density at radius 2 is 2.00 bits per heavy atom. The average Bonchev–Trinajstić information content (AvgIpc) is 2.62. The van der Waals surface area contributed by atoms with Crippen molar-refractivity contribution in [2.24, 2.45) is 0 Å². The lowest BCUT2D eigenvalue weighted by molar-refractivity contribution is -0.117. The number of hydrogen-bond acceptors (Lipinski definition) is 3. The van der Waals surface area contributed by atoms with E-state index in [9.17, 15) is 9.18 Å². The first-order chi connectivity index (χ1) is 12.5. The average molecular weight is 390 g/mol. The van der Waals surface area contributed by atoms with Gasteiger partial charge in [-0.3, -0.25) is 9.78 Å². The van der Waals surface area contributed by atoms with Crippen LogP contribution in [-0.4, -0.2) is 17.4 Å². The number of nitrogens with zero attached hydrogens (tertiary/aromatic N) is 1. The van der Waals surface area contributed by atoms with E-state index in [0.29, 0.717) is 34.1 Å². The third kappa shape index (κ3) is 3.08. The Morgan fingerprint density at radius 3 is 2.85 bits per heavy atom. The largest absolute Gasteiger partial charge is 0.385 e. The third-order valence-corrected chi connectivity index (χ3v) is 5.24. The second kappa shape index (κ2) is 6.74. The summed E-state index contributed by atoms with van der Waals surface area (Å²) in [5.74, 6) is -0.942. The normalized spacial score (nSPS) is 16.0. The van der Waals surface area contributed by atoms with Crippen LogP contribution in [0.3, 0.4) is 0 Å². The van der Waals surface area contributed by atoms with Gasteiger partial charge in [0.15, 0.2) is 0 Å². The number of aromatic nitrogens is 1. The summed E-state index contributed by atoms with van der Waals surface area (Å²) in [6, 6.07) is 7.84. The molecule has 1 amide bonds. The molecule has 1 atom stereocenters. The molecule has 3 aromatic rings. The molecule has 132 valence electrons. The van der Waals surface area contributed by atoms with Gasteiger partial charge in [0.25, 0.3) is 0 Å². The van der Waals surface area contributed by atoms with Crippen LogP contribution in [0.5, 0.6) is 0 Å². The zero-order valence-electron chi connectivity index (χ0n) is 13.5. The quantitative estimate of drug-likeness (QED) is 0.631. The molecule has 1 unspecified atom stereocenters. The van der Waals surface area contributed by atoms with Crippen molar-refractivity contribution in [2.75, 3.05) is 17.2 Å². The van der Waals surface area contributed by atoms with Crippen LogP contribution in [0.1, 0.15) is 17.9 Å². The van der Waals surface area contributed by atoms with Crippen LogP contribution in [-0.2, 0) is 4.79 Å². The van der Waals surface area contributed by atoms with Crippen molar-refractivity contribution < 1.29 is 9.18 Å². The Bertz CT molecular complexity index is 1030. The Balaban J connectivity index is 1.69. The highest BCUT2D eigenvalue weighted by atomic mass is 35.5. The zero-order chi connectivity index (χ0) is 18.3. The standard InChI is InChI=1S/C19H14Cl2FN3O/c20-15-6-14-12(3-4-24-17(14)7-16(15)21)19(26)25-18-9-23-8-10-1-2-11(22)5-13(10)18/h1-2,5-9,12,24H,3-4H2,(H,25,26). The van der Waals surface area contributed by atoms with Crippen molar-refractivity contribution >= 4 is 51.3 Å². The summed E-state index contributed by atoms with van der Waals surface area (Å²) in [7, 11) is 0. The van der Waals surface area contributed by atoms with E-state index in [0.717, 1.165) is 16.6 Å². The van der Waals surface area contributed by atoms with Crippen molar-refractivity contribution in [2.45, 2.75) is 12.3 Å². The maximum atomic E-state index is 13.6. The highest BCUT2D eigenvalue weighted by Crippen LogP contribution is 2.38. The van der Waals surface area contributed by atoms with Crippen molar-refractivity contribution in [1.82, 2.24) is 4.98 Å². The lowest BCUT2D eigenvalue weighted by atomic mass is 9.90. The number of pyridine rings is 1. The maximum absolute atomic E-state index is 13.6. The first kappa shape index (κ1) is 17.1. The predicted octanol–water partition coefficient (Wildman–Crippen LogP) is 5.22. The molecule has 4 rings (SSSR count). The number of amides is 1. The summed E-state index contributed by atoms with van der Waals surface area (Å²) in [5.41, 5.74) is 2.07. The molecule has 0 spiro atoms. The molecule has 0 aliphatic carbocycles. The molecule has 1 aliphatic rings. The number of halogens is 3. The Kier molecular flexibility index (Phi) is 4.42. The predicted molar refractivity (Wildman–Crippen MR) is 103 cm³/mol. The summed E-state index contributed by atoms with van der Waals surface area (Å²) in [5, 5.41) is 8.32. The smallest absolute Gasteiger partial charge is 0.232 e.